The average molecular weight is 287 g/mol. The molecule has 0 aliphatic rings. The second-order valence-corrected chi connectivity index (χ2v) is 4.31. The summed E-state index contributed by atoms with van der Waals surface area (Å²) in [6.07, 6.45) is 1.20. The van der Waals surface area contributed by atoms with Crippen molar-refractivity contribution in [2.24, 2.45) is 5.73 Å². The van der Waals surface area contributed by atoms with Gasteiger partial charge in [0.05, 0.1) is 6.54 Å². The van der Waals surface area contributed by atoms with Gasteiger partial charge < -0.3 is 15.8 Å². The molecule has 0 saturated heterocycles. The minimum Gasteiger partial charge on any atom is -0.489 e. The number of benzene rings is 1. The Balaban J connectivity index is 0.00000324. The number of hydrogen-bond donors (Lipinski definition) is 2. The lowest BCUT2D eigenvalue weighted by atomic mass is 10.2. The van der Waals surface area contributed by atoms with Crippen molar-refractivity contribution >= 4 is 18.3 Å². The van der Waals surface area contributed by atoms with Gasteiger partial charge in [-0.05, 0) is 31.0 Å². The Hall–Kier alpha value is -1.26. The highest BCUT2D eigenvalue weighted by Crippen LogP contribution is 2.15. The molecular formula is C14H23ClN2O2. The molecule has 1 aromatic rings. The summed E-state index contributed by atoms with van der Waals surface area (Å²) in [5.41, 5.74) is 6.48. The molecule has 0 aliphatic carbocycles. The molecule has 0 bridgehead atoms. The van der Waals surface area contributed by atoms with E-state index < -0.39 is 0 Å². The third-order valence-corrected chi connectivity index (χ3v) is 2.65. The summed E-state index contributed by atoms with van der Waals surface area (Å²) in [7, 11) is 0. The predicted octanol–water partition coefficient (Wildman–Crippen LogP) is 2.04. The summed E-state index contributed by atoms with van der Waals surface area (Å²) in [5.74, 6) is 0.818. The van der Waals surface area contributed by atoms with Crippen LogP contribution >= 0.6 is 12.4 Å². The van der Waals surface area contributed by atoms with Gasteiger partial charge in [-0.25, -0.2) is 0 Å². The number of hydrogen-bond acceptors (Lipinski definition) is 3. The van der Waals surface area contributed by atoms with E-state index in [0.29, 0.717) is 19.5 Å². The lowest BCUT2D eigenvalue weighted by molar-refractivity contribution is -0.121. The maximum absolute atomic E-state index is 11.3. The smallest absolute Gasteiger partial charge is 0.221 e. The lowest BCUT2D eigenvalue weighted by Crippen LogP contribution is -2.35. The first-order chi connectivity index (χ1) is 8.65. The van der Waals surface area contributed by atoms with Crippen molar-refractivity contribution in [2.45, 2.75) is 32.8 Å². The van der Waals surface area contributed by atoms with E-state index in [1.807, 2.05) is 38.1 Å². The third-order valence-electron chi connectivity index (χ3n) is 2.65. The van der Waals surface area contributed by atoms with E-state index in [1.54, 1.807) is 0 Å². The maximum Gasteiger partial charge on any atom is 0.221 e. The number of nitrogens with one attached hydrogen (secondary N) is 1. The molecule has 0 heterocycles. The Morgan fingerprint density at radius 1 is 1.47 bits per heavy atom. The number of carbonyl (C=O) groups is 1. The van der Waals surface area contributed by atoms with Crippen molar-refractivity contribution in [1.29, 1.82) is 0 Å². The SMILES string of the molecule is CCC(CNC(=O)CCN)Oc1cccc(C)c1.Cl. The van der Waals surface area contributed by atoms with Crippen molar-refractivity contribution in [3.8, 4) is 5.75 Å². The number of amides is 1. The zero-order valence-electron chi connectivity index (χ0n) is 11.5. The lowest BCUT2D eigenvalue weighted by Gasteiger charge is -2.18. The first-order valence-corrected chi connectivity index (χ1v) is 6.35. The van der Waals surface area contributed by atoms with Crippen LogP contribution < -0.4 is 15.8 Å². The predicted molar refractivity (Wildman–Crippen MR) is 79.8 cm³/mol. The molecule has 0 radical (unpaired) electrons. The molecule has 1 amide bonds. The van der Waals surface area contributed by atoms with Crippen LogP contribution in [0, 0.1) is 6.92 Å². The second-order valence-electron chi connectivity index (χ2n) is 4.31. The normalized spacial score (nSPS) is 11.3. The number of nitrogens with two attached hydrogens (primary N) is 1. The fourth-order valence-corrected chi connectivity index (χ4v) is 1.60. The summed E-state index contributed by atoms with van der Waals surface area (Å²) < 4.78 is 5.83. The van der Waals surface area contributed by atoms with Crippen LogP contribution in [-0.2, 0) is 4.79 Å². The number of carbonyl (C=O) groups excluding carboxylic acids is 1. The van der Waals surface area contributed by atoms with E-state index in [4.69, 9.17) is 10.5 Å². The summed E-state index contributed by atoms with van der Waals surface area (Å²) in [4.78, 5) is 11.3. The van der Waals surface area contributed by atoms with Crippen LogP contribution in [0.2, 0.25) is 0 Å². The van der Waals surface area contributed by atoms with Crippen molar-refractivity contribution < 1.29 is 9.53 Å². The van der Waals surface area contributed by atoms with E-state index >= 15 is 0 Å². The number of rotatable bonds is 7. The molecule has 4 nitrogen and oxygen atoms in total. The molecular weight excluding hydrogens is 264 g/mol. The maximum atomic E-state index is 11.3. The van der Waals surface area contributed by atoms with Gasteiger partial charge in [-0.1, -0.05) is 19.1 Å². The summed E-state index contributed by atoms with van der Waals surface area (Å²) >= 11 is 0. The van der Waals surface area contributed by atoms with E-state index in [2.05, 4.69) is 5.32 Å². The molecule has 5 heteroatoms. The zero-order valence-corrected chi connectivity index (χ0v) is 12.3. The first-order valence-electron chi connectivity index (χ1n) is 6.35. The van der Waals surface area contributed by atoms with Crippen LogP contribution in [0.25, 0.3) is 0 Å². The average Bonchev–Trinajstić information content (AvgIpc) is 2.35. The molecule has 0 saturated carbocycles. The van der Waals surface area contributed by atoms with Gasteiger partial charge in [-0.3, -0.25) is 4.79 Å². The van der Waals surface area contributed by atoms with Gasteiger partial charge in [-0.2, -0.15) is 0 Å². The Bertz CT molecular complexity index is 385. The van der Waals surface area contributed by atoms with Gasteiger partial charge in [0.1, 0.15) is 11.9 Å². The standard InChI is InChI=1S/C14H22N2O2.ClH/c1-3-12(10-16-14(17)7-8-15)18-13-6-4-5-11(2)9-13;/h4-6,9,12H,3,7-8,10,15H2,1-2H3,(H,16,17);1H. The van der Waals surface area contributed by atoms with Gasteiger partial charge in [0.15, 0.2) is 0 Å². The van der Waals surface area contributed by atoms with Crippen LogP contribution in [0.5, 0.6) is 5.75 Å². The van der Waals surface area contributed by atoms with E-state index in [1.165, 1.54) is 0 Å². The summed E-state index contributed by atoms with van der Waals surface area (Å²) in [6, 6.07) is 7.91. The number of ether oxygens (including phenoxy) is 1. The minimum absolute atomic E-state index is 0. The van der Waals surface area contributed by atoms with Gasteiger partial charge in [0.25, 0.3) is 0 Å². The topological polar surface area (TPSA) is 64.4 Å². The van der Waals surface area contributed by atoms with Gasteiger partial charge in [-0.15, -0.1) is 12.4 Å². The monoisotopic (exact) mass is 286 g/mol. The fraction of sp³-hybridized carbons (Fsp3) is 0.500. The molecule has 1 atom stereocenters. The van der Waals surface area contributed by atoms with Crippen LogP contribution in [0.1, 0.15) is 25.3 Å². The van der Waals surface area contributed by atoms with Crippen LogP contribution in [0.3, 0.4) is 0 Å². The molecule has 108 valence electrons. The van der Waals surface area contributed by atoms with Crippen molar-refractivity contribution in [2.75, 3.05) is 13.1 Å². The molecule has 3 N–H and O–H groups in total. The molecule has 0 aromatic heterocycles. The molecule has 0 aliphatic heterocycles. The van der Waals surface area contributed by atoms with E-state index in [-0.39, 0.29) is 24.4 Å². The van der Waals surface area contributed by atoms with Crippen molar-refractivity contribution in [3.05, 3.63) is 29.8 Å². The van der Waals surface area contributed by atoms with Crippen molar-refractivity contribution in [1.82, 2.24) is 5.32 Å². The van der Waals surface area contributed by atoms with E-state index in [0.717, 1.165) is 17.7 Å². The highest BCUT2D eigenvalue weighted by atomic mass is 35.5. The number of aryl methyl sites for hydroxylation is 1. The van der Waals surface area contributed by atoms with Gasteiger partial charge in [0, 0.05) is 13.0 Å². The fourth-order valence-electron chi connectivity index (χ4n) is 1.60. The van der Waals surface area contributed by atoms with Gasteiger partial charge in [0.2, 0.25) is 5.91 Å². The van der Waals surface area contributed by atoms with Crippen LogP contribution in [-0.4, -0.2) is 25.1 Å². The molecule has 0 fully saturated rings. The Morgan fingerprint density at radius 3 is 2.79 bits per heavy atom. The highest BCUT2D eigenvalue weighted by molar-refractivity contribution is 5.85. The second kappa shape index (κ2) is 9.64. The summed E-state index contributed by atoms with van der Waals surface area (Å²) in [6.45, 7) is 4.96. The molecule has 1 unspecified atom stereocenters. The zero-order chi connectivity index (χ0) is 13.4. The Morgan fingerprint density at radius 2 is 2.21 bits per heavy atom. The quantitative estimate of drug-likeness (QED) is 0.806. The Kier molecular flexibility index (Phi) is 9.00. The summed E-state index contributed by atoms with van der Waals surface area (Å²) in [5, 5.41) is 2.83. The van der Waals surface area contributed by atoms with Crippen molar-refractivity contribution in [3.63, 3.8) is 0 Å². The molecule has 0 spiro atoms. The molecule has 1 rings (SSSR count). The highest BCUT2D eigenvalue weighted by Gasteiger charge is 2.09. The van der Waals surface area contributed by atoms with Crippen LogP contribution in [0.15, 0.2) is 24.3 Å². The molecule has 19 heavy (non-hydrogen) atoms. The minimum atomic E-state index is -0.0243. The Labute approximate surface area is 121 Å². The molecule has 1 aromatic carbocycles. The third kappa shape index (κ3) is 7.03. The van der Waals surface area contributed by atoms with Crippen LogP contribution in [0.4, 0.5) is 0 Å². The first kappa shape index (κ1) is 17.7. The largest absolute Gasteiger partial charge is 0.489 e. The number of halogens is 1. The van der Waals surface area contributed by atoms with Gasteiger partial charge >= 0.3 is 0 Å². The van der Waals surface area contributed by atoms with E-state index in [9.17, 15) is 4.79 Å².